The van der Waals surface area contributed by atoms with Crippen LogP contribution in [0.25, 0.3) is 0 Å². The molecule has 1 fully saturated rings. The molecule has 1 unspecified atom stereocenters. The first-order valence-electron chi connectivity index (χ1n) is 7.37. The fourth-order valence-corrected chi connectivity index (χ4v) is 2.10. The molecule has 5 nitrogen and oxygen atoms in total. The number of benzene rings is 1. The average molecular weight is 329 g/mol. The van der Waals surface area contributed by atoms with Gasteiger partial charge in [0.2, 0.25) is 0 Å². The molecule has 1 aliphatic heterocycles. The van der Waals surface area contributed by atoms with Crippen molar-refractivity contribution in [2.75, 3.05) is 19.8 Å². The van der Waals surface area contributed by atoms with Crippen LogP contribution >= 0.6 is 12.4 Å². The number of hydrogen-bond donors (Lipinski definition) is 2. The second-order valence-electron chi connectivity index (χ2n) is 6.01. The largest absolute Gasteiger partial charge is 0.491 e. The molecule has 1 atom stereocenters. The zero-order valence-electron chi connectivity index (χ0n) is 13.1. The number of rotatable bonds is 6. The van der Waals surface area contributed by atoms with Crippen molar-refractivity contribution >= 4 is 18.3 Å². The summed E-state index contributed by atoms with van der Waals surface area (Å²) >= 11 is 0. The summed E-state index contributed by atoms with van der Waals surface area (Å²) in [5, 5.41) is 2.89. The summed E-state index contributed by atoms with van der Waals surface area (Å²) in [6.07, 6.45) is 2.34. The highest BCUT2D eigenvalue weighted by Gasteiger charge is 2.19. The van der Waals surface area contributed by atoms with Gasteiger partial charge in [-0.1, -0.05) is 0 Å². The van der Waals surface area contributed by atoms with Crippen molar-refractivity contribution in [1.82, 2.24) is 5.32 Å². The van der Waals surface area contributed by atoms with Crippen LogP contribution in [0, 0.1) is 0 Å². The van der Waals surface area contributed by atoms with Gasteiger partial charge in [-0.15, -0.1) is 12.4 Å². The number of carbonyl (C=O) groups is 1. The number of nitrogens with one attached hydrogen (secondary N) is 1. The first-order chi connectivity index (χ1) is 10.00. The highest BCUT2D eigenvalue weighted by atomic mass is 35.5. The third kappa shape index (κ3) is 5.48. The molecule has 0 radical (unpaired) electrons. The lowest BCUT2D eigenvalue weighted by molar-refractivity contribution is 0.0679. The van der Waals surface area contributed by atoms with Gasteiger partial charge < -0.3 is 20.5 Å². The monoisotopic (exact) mass is 328 g/mol. The van der Waals surface area contributed by atoms with E-state index in [9.17, 15) is 4.79 Å². The second-order valence-corrected chi connectivity index (χ2v) is 6.01. The van der Waals surface area contributed by atoms with Crippen LogP contribution < -0.4 is 15.8 Å². The highest BCUT2D eigenvalue weighted by molar-refractivity contribution is 5.94. The first kappa shape index (κ1) is 18.7. The fourth-order valence-electron chi connectivity index (χ4n) is 2.10. The molecule has 1 aliphatic rings. The summed E-state index contributed by atoms with van der Waals surface area (Å²) in [7, 11) is 0. The van der Waals surface area contributed by atoms with E-state index in [4.69, 9.17) is 15.2 Å². The third-order valence-electron chi connectivity index (χ3n) is 3.54. The fraction of sp³-hybridized carbons (Fsp3) is 0.562. The summed E-state index contributed by atoms with van der Waals surface area (Å²) in [6.45, 7) is 5.56. The molecular weight excluding hydrogens is 304 g/mol. The highest BCUT2D eigenvalue weighted by Crippen LogP contribution is 2.17. The molecule has 1 heterocycles. The number of halogens is 1. The van der Waals surface area contributed by atoms with Crippen molar-refractivity contribution in [3.05, 3.63) is 29.8 Å². The van der Waals surface area contributed by atoms with Crippen LogP contribution in [0.15, 0.2) is 24.3 Å². The number of ether oxygens (including phenoxy) is 2. The van der Waals surface area contributed by atoms with Crippen molar-refractivity contribution in [2.24, 2.45) is 5.73 Å². The van der Waals surface area contributed by atoms with Gasteiger partial charge in [-0.25, -0.2) is 0 Å². The van der Waals surface area contributed by atoms with E-state index in [1.807, 2.05) is 13.8 Å². The van der Waals surface area contributed by atoms with Crippen LogP contribution in [0.5, 0.6) is 5.75 Å². The van der Waals surface area contributed by atoms with E-state index < -0.39 is 5.54 Å². The Morgan fingerprint density at radius 2 is 2.09 bits per heavy atom. The molecule has 0 aromatic heterocycles. The minimum atomic E-state index is -0.411. The maximum Gasteiger partial charge on any atom is 0.251 e. The van der Waals surface area contributed by atoms with Crippen LogP contribution in [0.3, 0.4) is 0 Å². The SMILES string of the molecule is CC(C)(CN)NC(=O)c1ccc(OCC2CCCO2)cc1.Cl. The van der Waals surface area contributed by atoms with Crippen molar-refractivity contribution in [2.45, 2.75) is 38.3 Å². The standard InChI is InChI=1S/C16H24N2O3.ClH/c1-16(2,11-17)18-15(19)12-5-7-13(8-6-12)21-10-14-4-3-9-20-14;/h5-8,14H,3-4,9-11,17H2,1-2H3,(H,18,19);1H. The van der Waals surface area contributed by atoms with Gasteiger partial charge in [-0.2, -0.15) is 0 Å². The molecule has 6 heteroatoms. The molecule has 1 aromatic carbocycles. The molecule has 3 N–H and O–H groups in total. The van der Waals surface area contributed by atoms with E-state index in [1.165, 1.54) is 0 Å². The molecule has 0 aliphatic carbocycles. The van der Waals surface area contributed by atoms with Crippen molar-refractivity contribution in [3.8, 4) is 5.75 Å². The van der Waals surface area contributed by atoms with Crippen LogP contribution in [0.4, 0.5) is 0 Å². The minimum absolute atomic E-state index is 0. The van der Waals surface area contributed by atoms with Gasteiger partial charge in [0.05, 0.1) is 6.10 Å². The van der Waals surface area contributed by atoms with Crippen molar-refractivity contribution in [3.63, 3.8) is 0 Å². The minimum Gasteiger partial charge on any atom is -0.491 e. The van der Waals surface area contributed by atoms with Gasteiger partial charge in [-0.3, -0.25) is 4.79 Å². The normalized spacial score (nSPS) is 17.7. The van der Waals surface area contributed by atoms with E-state index in [1.54, 1.807) is 24.3 Å². The quantitative estimate of drug-likeness (QED) is 0.839. The van der Waals surface area contributed by atoms with Crippen LogP contribution in [0.2, 0.25) is 0 Å². The number of hydrogen-bond acceptors (Lipinski definition) is 4. The third-order valence-corrected chi connectivity index (χ3v) is 3.54. The van der Waals surface area contributed by atoms with Gasteiger partial charge in [-0.05, 0) is 51.0 Å². The molecule has 0 bridgehead atoms. The Bertz CT molecular complexity index is 471. The molecule has 0 spiro atoms. The second kappa shape index (κ2) is 8.36. The van der Waals surface area contributed by atoms with E-state index in [0.717, 1.165) is 25.2 Å². The zero-order valence-corrected chi connectivity index (χ0v) is 13.9. The van der Waals surface area contributed by atoms with Gasteiger partial charge in [0.25, 0.3) is 5.91 Å². The van der Waals surface area contributed by atoms with Crippen LogP contribution in [-0.4, -0.2) is 37.3 Å². The summed E-state index contributed by atoms with van der Waals surface area (Å²) < 4.78 is 11.2. The van der Waals surface area contributed by atoms with E-state index in [-0.39, 0.29) is 24.4 Å². The Kier molecular flexibility index (Phi) is 7.13. The molecule has 1 aromatic rings. The number of nitrogens with two attached hydrogens (primary N) is 1. The van der Waals surface area contributed by atoms with Gasteiger partial charge in [0.15, 0.2) is 0 Å². The van der Waals surface area contributed by atoms with Crippen molar-refractivity contribution < 1.29 is 14.3 Å². The van der Waals surface area contributed by atoms with Crippen molar-refractivity contribution in [1.29, 1.82) is 0 Å². The Morgan fingerprint density at radius 1 is 1.41 bits per heavy atom. The molecule has 1 saturated heterocycles. The topological polar surface area (TPSA) is 73.6 Å². The van der Waals surface area contributed by atoms with Gasteiger partial charge in [0, 0.05) is 24.3 Å². The summed E-state index contributed by atoms with van der Waals surface area (Å²) in [4.78, 5) is 12.1. The molecular formula is C16H25ClN2O3. The Balaban J connectivity index is 0.00000242. The predicted octanol–water partition coefficient (Wildman–Crippen LogP) is 2.13. The molecule has 1 amide bonds. The smallest absolute Gasteiger partial charge is 0.251 e. The Labute approximate surface area is 138 Å². The maximum atomic E-state index is 12.1. The summed E-state index contributed by atoms with van der Waals surface area (Å²) in [5.74, 6) is 0.622. The van der Waals surface area contributed by atoms with Crippen LogP contribution in [-0.2, 0) is 4.74 Å². The zero-order chi connectivity index (χ0) is 15.3. The lowest BCUT2D eigenvalue weighted by atomic mass is 10.1. The summed E-state index contributed by atoms with van der Waals surface area (Å²) in [5.41, 5.74) is 5.80. The predicted molar refractivity (Wildman–Crippen MR) is 88.8 cm³/mol. The van der Waals surface area contributed by atoms with Gasteiger partial charge in [0.1, 0.15) is 12.4 Å². The Morgan fingerprint density at radius 3 is 2.64 bits per heavy atom. The van der Waals surface area contributed by atoms with Gasteiger partial charge >= 0.3 is 0 Å². The summed E-state index contributed by atoms with van der Waals surface area (Å²) in [6, 6.07) is 7.12. The molecule has 0 saturated carbocycles. The lowest BCUT2D eigenvalue weighted by Crippen LogP contribution is -2.48. The van der Waals surface area contributed by atoms with E-state index in [0.29, 0.717) is 18.7 Å². The Hall–Kier alpha value is -1.30. The van der Waals surface area contributed by atoms with Crippen LogP contribution in [0.1, 0.15) is 37.0 Å². The average Bonchev–Trinajstić information content (AvgIpc) is 2.98. The molecule has 22 heavy (non-hydrogen) atoms. The first-order valence-corrected chi connectivity index (χ1v) is 7.37. The lowest BCUT2D eigenvalue weighted by Gasteiger charge is -2.24. The number of amides is 1. The molecule has 124 valence electrons. The van der Waals surface area contributed by atoms with E-state index in [2.05, 4.69) is 5.32 Å². The number of carbonyl (C=O) groups excluding carboxylic acids is 1. The molecule has 2 rings (SSSR count). The maximum absolute atomic E-state index is 12.1. The van der Waals surface area contributed by atoms with E-state index >= 15 is 0 Å².